The highest BCUT2D eigenvalue weighted by Gasteiger charge is 2.15. The van der Waals surface area contributed by atoms with Gasteiger partial charge in [-0.3, -0.25) is 4.98 Å². The Morgan fingerprint density at radius 3 is 2.60 bits per heavy atom. The lowest BCUT2D eigenvalue weighted by atomic mass is 10.2. The molecule has 1 aromatic heterocycles. The summed E-state index contributed by atoms with van der Waals surface area (Å²) in [4.78, 5) is 3.70. The number of aromatic nitrogens is 1. The van der Waals surface area contributed by atoms with Gasteiger partial charge in [-0.2, -0.15) is 0 Å². The SMILES string of the molecule is O=S(=O)(NCc1ccc(F)cc1F)c1cncc(Br)c1. The Kier molecular flexibility index (Phi) is 4.46. The number of halogens is 3. The zero-order chi connectivity index (χ0) is 14.8. The quantitative estimate of drug-likeness (QED) is 0.909. The Labute approximate surface area is 123 Å². The highest BCUT2D eigenvalue weighted by Crippen LogP contribution is 2.15. The minimum atomic E-state index is -3.81. The van der Waals surface area contributed by atoms with Gasteiger partial charge in [-0.15, -0.1) is 0 Å². The summed E-state index contributed by atoms with van der Waals surface area (Å²) in [6.45, 7) is -0.277. The number of nitrogens with one attached hydrogen (secondary N) is 1. The van der Waals surface area contributed by atoms with Crippen LogP contribution in [-0.2, 0) is 16.6 Å². The molecule has 0 unspecified atom stereocenters. The first-order valence-electron chi connectivity index (χ1n) is 5.42. The van der Waals surface area contributed by atoms with E-state index in [0.717, 1.165) is 6.07 Å². The van der Waals surface area contributed by atoms with Crippen molar-refractivity contribution in [2.45, 2.75) is 11.4 Å². The van der Waals surface area contributed by atoms with E-state index in [1.54, 1.807) is 0 Å². The molecule has 1 heterocycles. The van der Waals surface area contributed by atoms with Crippen LogP contribution in [0, 0.1) is 11.6 Å². The van der Waals surface area contributed by atoms with Gasteiger partial charge in [0.15, 0.2) is 0 Å². The van der Waals surface area contributed by atoms with E-state index >= 15 is 0 Å². The average molecular weight is 363 g/mol. The fourth-order valence-electron chi connectivity index (χ4n) is 1.46. The number of pyridine rings is 1. The summed E-state index contributed by atoms with van der Waals surface area (Å²) < 4.78 is 52.8. The number of hydrogen-bond donors (Lipinski definition) is 1. The van der Waals surface area contributed by atoms with Crippen molar-refractivity contribution in [3.05, 3.63) is 58.3 Å². The molecule has 1 N–H and O–H groups in total. The third-order valence-electron chi connectivity index (χ3n) is 2.46. The lowest BCUT2D eigenvalue weighted by Gasteiger charge is -2.07. The molecule has 20 heavy (non-hydrogen) atoms. The van der Waals surface area contributed by atoms with Gasteiger partial charge in [-0.1, -0.05) is 6.07 Å². The minimum Gasteiger partial charge on any atom is -0.262 e. The van der Waals surface area contributed by atoms with Crippen LogP contribution in [0.4, 0.5) is 8.78 Å². The number of sulfonamides is 1. The van der Waals surface area contributed by atoms with Gasteiger partial charge in [0.2, 0.25) is 10.0 Å². The summed E-state index contributed by atoms with van der Waals surface area (Å²) >= 11 is 3.11. The standard InChI is InChI=1S/C12H9BrF2N2O2S/c13-9-3-11(7-16-6-9)20(18,19)17-5-8-1-2-10(14)4-12(8)15/h1-4,6-7,17H,5H2. The Bertz CT molecular complexity index is 738. The normalized spacial score (nSPS) is 11.6. The highest BCUT2D eigenvalue weighted by molar-refractivity contribution is 9.10. The molecule has 0 aliphatic carbocycles. The molecular weight excluding hydrogens is 354 g/mol. The molecule has 8 heteroatoms. The van der Waals surface area contributed by atoms with Crippen molar-refractivity contribution in [3.63, 3.8) is 0 Å². The van der Waals surface area contributed by atoms with Crippen LogP contribution in [0.25, 0.3) is 0 Å². The zero-order valence-electron chi connectivity index (χ0n) is 9.98. The van der Waals surface area contributed by atoms with Gasteiger partial charge >= 0.3 is 0 Å². The van der Waals surface area contributed by atoms with Crippen LogP contribution in [0.2, 0.25) is 0 Å². The first-order chi connectivity index (χ1) is 9.38. The van der Waals surface area contributed by atoms with Crippen molar-refractivity contribution in [1.29, 1.82) is 0 Å². The largest absolute Gasteiger partial charge is 0.262 e. The van der Waals surface area contributed by atoms with Crippen LogP contribution in [0.5, 0.6) is 0 Å². The predicted octanol–water partition coefficient (Wildman–Crippen LogP) is 2.60. The molecule has 0 radical (unpaired) electrons. The Morgan fingerprint density at radius 1 is 1.20 bits per heavy atom. The van der Waals surface area contributed by atoms with Gasteiger partial charge in [0.25, 0.3) is 0 Å². The van der Waals surface area contributed by atoms with Crippen molar-refractivity contribution in [2.75, 3.05) is 0 Å². The highest BCUT2D eigenvalue weighted by atomic mass is 79.9. The first-order valence-corrected chi connectivity index (χ1v) is 7.70. The zero-order valence-corrected chi connectivity index (χ0v) is 12.4. The predicted molar refractivity (Wildman–Crippen MR) is 72.3 cm³/mol. The molecule has 4 nitrogen and oxygen atoms in total. The molecule has 1 aromatic carbocycles. The van der Waals surface area contributed by atoms with Gasteiger partial charge in [-0.05, 0) is 28.1 Å². The van der Waals surface area contributed by atoms with Crippen molar-refractivity contribution >= 4 is 26.0 Å². The molecule has 0 aliphatic heterocycles. The number of benzene rings is 1. The van der Waals surface area contributed by atoms with E-state index in [1.165, 1.54) is 24.5 Å². The maximum atomic E-state index is 13.4. The van der Waals surface area contributed by atoms with Crippen molar-refractivity contribution < 1.29 is 17.2 Å². The van der Waals surface area contributed by atoms with Crippen LogP contribution in [0.15, 0.2) is 46.0 Å². The number of nitrogens with zero attached hydrogens (tertiary/aromatic N) is 1. The Morgan fingerprint density at radius 2 is 1.95 bits per heavy atom. The van der Waals surface area contributed by atoms with E-state index in [2.05, 4.69) is 25.6 Å². The van der Waals surface area contributed by atoms with Gasteiger partial charge in [0.1, 0.15) is 16.5 Å². The summed E-state index contributed by atoms with van der Waals surface area (Å²) in [6.07, 6.45) is 2.62. The molecule has 0 aliphatic rings. The second-order valence-corrected chi connectivity index (χ2v) is 6.58. The van der Waals surface area contributed by atoms with Crippen molar-refractivity contribution in [3.8, 4) is 0 Å². The number of hydrogen-bond acceptors (Lipinski definition) is 3. The Balaban J connectivity index is 2.17. The molecule has 2 rings (SSSR count). The van der Waals surface area contributed by atoms with E-state index in [0.29, 0.717) is 10.5 Å². The van der Waals surface area contributed by atoms with Gasteiger partial charge in [0.05, 0.1) is 0 Å². The molecule has 0 saturated heterocycles. The lowest BCUT2D eigenvalue weighted by molar-refractivity contribution is 0.562. The molecule has 2 aromatic rings. The van der Waals surface area contributed by atoms with E-state index < -0.39 is 21.7 Å². The molecule has 0 fully saturated rings. The summed E-state index contributed by atoms with van der Waals surface area (Å²) in [5, 5.41) is 0. The second-order valence-electron chi connectivity index (χ2n) is 3.90. The summed E-state index contributed by atoms with van der Waals surface area (Å²) in [6, 6.07) is 4.32. The third kappa shape index (κ3) is 3.59. The summed E-state index contributed by atoms with van der Waals surface area (Å²) in [7, 11) is -3.81. The maximum Gasteiger partial charge on any atom is 0.242 e. The van der Waals surface area contributed by atoms with Crippen LogP contribution < -0.4 is 4.72 Å². The van der Waals surface area contributed by atoms with E-state index in [-0.39, 0.29) is 17.0 Å². The van der Waals surface area contributed by atoms with Crippen molar-refractivity contribution in [2.24, 2.45) is 0 Å². The van der Waals surface area contributed by atoms with E-state index in [4.69, 9.17) is 0 Å². The first kappa shape index (κ1) is 15.0. The molecule has 0 atom stereocenters. The molecule has 106 valence electrons. The molecule has 0 amide bonds. The van der Waals surface area contributed by atoms with E-state index in [1.807, 2.05) is 0 Å². The van der Waals surface area contributed by atoms with Crippen LogP contribution in [0.3, 0.4) is 0 Å². The molecule has 0 spiro atoms. The minimum absolute atomic E-state index is 0.0469. The fourth-order valence-corrected chi connectivity index (χ4v) is 2.97. The third-order valence-corrected chi connectivity index (χ3v) is 4.26. The van der Waals surface area contributed by atoms with Crippen LogP contribution >= 0.6 is 15.9 Å². The molecule has 0 bridgehead atoms. The van der Waals surface area contributed by atoms with Crippen LogP contribution in [-0.4, -0.2) is 13.4 Å². The Hall–Kier alpha value is -1.38. The molecule has 0 saturated carbocycles. The second kappa shape index (κ2) is 5.94. The summed E-state index contributed by atoms with van der Waals surface area (Å²) in [5.41, 5.74) is 0.0536. The molecular formula is C12H9BrF2N2O2S. The topological polar surface area (TPSA) is 59.1 Å². The summed E-state index contributed by atoms with van der Waals surface area (Å²) in [5.74, 6) is -1.52. The lowest BCUT2D eigenvalue weighted by Crippen LogP contribution is -2.24. The van der Waals surface area contributed by atoms with Crippen LogP contribution in [0.1, 0.15) is 5.56 Å². The van der Waals surface area contributed by atoms with Gasteiger partial charge in [0, 0.05) is 35.0 Å². The monoisotopic (exact) mass is 362 g/mol. The van der Waals surface area contributed by atoms with Crippen molar-refractivity contribution in [1.82, 2.24) is 9.71 Å². The average Bonchev–Trinajstić information content (AvgIpc) is 2.37. The maximum absolute atomic E-state index is 13.4. The van der Waals surface area contributed by atoms with Gasteiger partial charge < -0.3 is 0 Å². The number of rotatable bonds is 4. The fraction of sp³-hybridized carbons (Fsp3) is 0.0833. The van der Waals surface area contributed by atoms with Gasteiger partial charge in [-0.25, -0.2) is 21.9 Å². The smallest absolute Gasteiger partial charge is 0.242 e. The van der Waals surface area contributed by atoms with E-state index in [9.17, 15) is 17.2 Å².